The molecule has 1 aromatic heterocycles. The molecule has 0 saturated heterocycles. The first-order chi connectivity index (χ1) is 24.9. The van der Waals surface area contributed by atoms with Crippen LogP contribution in [-0.4, -0.2) is 29.8 Å². The highest BCUT2D eigenvalue weighted by atomic mass is 35.5. The molecule has 4 aromatic carbocycles. The Hall–Kier alpha value is -5.42. The van der Waals surface area contributed by atoms with E-state index in [0.29, 0.717) is 52.9 Å². The second-order valence-corrected chi connectivity index (χ2v) is 12.3. The normalized spacial score (nSPS) is 10.7. The van der Waals surface area contributed by atoms with Crippen molar-refractivity contribution in [3.05, 3.63) is 141 Å². The minimum absolute atomic E-state index is 0.0122. The number of nitriles is 2. The number of pyridine rings is 1. The molecule has 0 aliphatic rings. The Balaban J connectivity index is 1.32. The predicted octanol–water partition coefficient (Wildman–Crippen LogP) is 7.38. The summed E-state index contributed by atoms with van der Waals surface area (Å²) in [5.74, 6) is 1.75. The van der Waals surface area contributed by atoms with Crippen molar-refractivity contribution < 1.29 is 19.3 Å². The zero-order valence-electron chi connectivity index (χ0n) is 28.7. The molecule has 0 atom stereocenters. The molecule has 5 rings (SSSR count). The third-order valence-electron chi connectivity index (χ3n) is 8.13. The van der Waals surface area contributed by atoms with Crippen LogP contribution in [0.15, 0.2) is 91.3 Å². The van der Waals surface area contributed by atoms with Gasteiger partial charge in [-0.2, -0.15) is 10.5 Å². The number of benzene rings is 4. The lowest BCUT2D eigenvalue weighted by Gasteiger charge is -2.17. The fourth-order valence-corrected chi connectivity index (χ4v) is 5.78. The van der Waals surface area contributed by atoms with Crippen molar-refractivity contribution in [3.8, 4) is 40.5 Å². The Kier molecular flexibility index (Phi) is 13.4. The molecule has 0 fully saturated rings. The van der Waals surface area contributed by atoms with Gasteiger partial charge in [-0.15, -0.1) is 0 Å². The monoisotopic (exact) mass is 701 g/mol. The summed E-state index contributed by atoms with van der Waals surface area (Å²) in [4.78, 5) is 4.11. The Morgan fingerprint density at radius 3 is 2.33 bits per heavy atom. The van der Waals surface area contributed by atoms with Crippen molar-refractivity contribution in [2.45, 2.75) is 46.8 Å². The zero-order valence-corrected chi connectivity index (χ0v) is 29.5. The lowest BCUT2D eigenvalue weighted by molar-refractivity contribution is 0.282. The molecule has 51 heavy (non-hydrogen) atoms. The summed E-state index contributed by atoms with van der Waals surface area (Å²) in [6, 6.07) is 29.6. The van der Waals surface area contributed by atoms with Crippen LogP contribution < -0.4 is 24.8 Å². The Morgan fingerprint density at radius 2 is 1.55 bits per heavy atom. The van der Waals surface area contributed by atoms with Crippen molar-refractivity contribution in [2.75, 3.05) is 19.7 Å². The summed E-state index contributed by atoms with van der Waals surface area (Å²) in [5.41, 5.74) is 8.12. The first-order valence-corrected chi connectivity index (χ1v) is 17.1. The summed E-state index contributed by atoms with van der Waals surface area (Å²) >= 11 is 6.68. The molecule has 0 spiro atoms. The smallest absolute Gasteiger partial charge is 0.142 e. The number of nitrogens with one attached hydrogen (secondary N) is 2. The van der Waals surface area contributed by atoms with Crippen LogP contribution in [0.25, 0.3) is 11.1 Å². The van der Waals surface area contributed by atoms with Gasteiger partial charge >= 0.3 is 0 Å². The van der Waals surface area contributed by atoms with Gasteiger partial charge in [0.1, 0.15) is 49.2 Å². The second kappa shape index (κ2) is 18.5. The van der Waals surface area contributed by atoms with Gasteiger partial charge in [0.2, 0.25) is 0 Å². The van der Waals surface area contributed by atoms with Crippen LogP contribution >= 0.6 is 11.6 Å². The minimum atomic E-state index is -0.0122. The molecule has 0 bridgehead atoms. The highest BCUT2D eigenvalue weighted by molar-refractivity contribution is 6.32. The quantitative estimate of drug-likeness (QED) is 0.0850. The van der Waals surface area contributed by atoms with E-state index in [1.165, 1.54) is 11.8 Å². The number of aliphatic hydroxyl groups is 1. The fraction of sp³-hybridized carbons (Fsp3) is 0.244. The molecular formula is C41H40ClN5O4. The average molecular weight is 702 g/mol. The van der Waals surface area contributed by atoms with Gasteiger partial charge in [-0.3, -0.25) is 4.98 Å². The lowest BCUT2D eigenvalue weighted by Crippen LogP contribution is -2.18. The number of ether oxygens (including phenoxy) is 3. The van der Waals surface area contributed by atoms with Crippen molar-refractivity contribution in [1.82, 2.24) is 15.6 Å². The van der Waals surface area contributed by atoms with E-state index in [0.717, 1.165) is 52.2 Å². The molecule has 3 N–H and O–H groups in total. The van der Waals surface area contributed by atoms with Gasteiger partial charge in [-0.1, -0.05) is 67.1 Å². The van der Waals surface area contributed by atoms with E-state index in [9.17, 15) is 15.6 Å². The van der Waals surface area contributed by atoms with Crippen molar-refractivity contribution in [3.63, 3.8) is 0 Å². The SMILES string of the molecule is CCNCc1ccc(OCc2cccc(-c3cccc(COc4cc(OCc5cncc(C#N)c5)c(CNCCO)cc4Cl)c3C#N)c2)c(C)c1. The van der Waals surface area contributed by atoms with Gasteiger partial charge in [-0.05, 0) is 65.6 Å². The molecule has 0 unspecified atom stereocenters. The maximum atomic E-state index is 10.3. The Labute approximate surface area is 304 Å². The van der Waals surface area contributed by atoms with Gasteiger partial charge in [-0.25, -0.2) is 0 Å². The molecular weight excluding hydrogens is 662 g/mol. The standard InChI is InChI=1S/C41H40ClN5O4/c1-3-45-21-29-10-11-39(28(2)14-29)49-25-30-6-4-7-33(16-30)36-9-5-8-34(37(36)20-44)27-51-41-18-40(35(17-38(41)42)24-46-12-13-48)50-26-32-15-31(19-43)22-47-23-32/h4-11,14-18,22-23,45-46,48H,3,12-13,21,24-27H2,1-2H3. The molecule has 0 radical (unpaired) electrons. The molecule has 10 heteroatoms. The number of rotatable bonds is 17. The largest absolute Gasteiger partial charge is 0.489 e. The van der Waals surface area contributed by atoms with Crippen LogP contribution in [0.3, 0.4) is 0 Å². The van der Waals surface area contributed by atoms with Gasteiger partial charge in [0.15, 0.2) is 0 Å². The van der Waals surface area contributed by atoms with Crippen LogP contribution in [-0.2, 0) is 32.9 Å². The summed E-state index contributed by atoms with van der Waals surface area (Å²) in [7, 11) is 0. The van der Waals surface area contributed by atoms with Crippen LogP contribution in [0.1, 0.15) is 51.4 Å². The topological polar surface area (TPSA) is 132 Å². The number of hydrogen-bond acceptors (Lipinski definition) is 9. The molecule has 260 valence electrons. The first-order valence-electron chi connectivity index (χ1n) is 16.7. The van der Waals surface area contributed by atoms with Gasteiger partial charge in [0.05, 0.1) is 22.8 Å². The maximum absolute atomic E-state index is 10.3. The minimum Gasteiger partial charge on any atom is -0.489 e. The van der Waals surface area contributed by atoms with Crippen molar-refractivity contribution >= 4 is 11.6 Å². The number of nitrogens with zero attached hydrogens (tertiary/aromatic N) is 3. The lowest BCUT2D eigenvalue weighted by atomic mass is 9.95. The van der Waals surface area contributed by atoms with E-state index < -0.39 is 0 Å². The number of aliphatic hydroxyl groups excluding tert-OH is 1. The number of hydrogen-bond donors (Lipinski definition) is 3. The van der Waals surface area contributed by atoms with E-state index in [4.69, 9.17) is 25.8 Å². The van der Waals surface area contributed by atoms with Crippen molar-refractivity contribution in [1.29, 1.82) is 10.5 Å². The van der Waals surface area contributed by atoms with Crippen LogP contribution in [0.4, 0.5) is 0 Å². The fourth-order valence-electron chi connectivity index (χ4n) is 5.54. The van der Waals surface area contributed by atoms with Gasteiger partial charge in [0.25, 0.3) is 0 Å². The summed E-state index contributed by atoms with van der Waals surface area (Å²) in [5, 5.41) is 35.7. The van der Waals surface area contributed by atoms with Gasteiger partial charge < -0.3 is 30.0 Å². The van der Waals surface area contributed by atoms with Crippen LogP contribution in [0, 0.1) is 29.6 Å². The molecule has 0 aliphatic heterocycles. The zero-order chi connectivity index (χ0) is 36.0. The molecule has 9 nitrogen and oxygen atoms in total. The van der Waals surface area contributed by atoms with Gasteiger partial charge in [0, 0.05) is 54.8 Å². The third kappa shape index (κ3) is 10.1. The molecule has 5 aromatic rings. The number of aromatic nitrogens is 1. The van der Waals surface area contributed by atoms with Crippen LogP contribution in [0.5, 0.6) is 17.2 Å². The molecule has 0 aliphatic carbocycles. The molecule has 0 saturated carbocycles. The maximum Gasteiger partial charge on any atom is 0.142 e. The average Bonchev–Trinajstić information content (AvgIpc) is 3.16. The Bertz CT molecular complexity index is 2040. The number of aryl methyl sites for hydroxylation is 1. The predicted molar refractivity (Wildman–Crippen MR) is 197 cm³/mol. The molecule has 1 heterocycles. The van der Waals surface area contributed by atoms with Crippen molar-refractivity contribution in [2.24, 2.45) is 0 Å². The van der Waals surface area contributed by atoms with E-state index in [1.54, 1.807) is 24.4 Å². The highest BCUT2D eigenvalue weighted by Crippen LogP contribution is 2.35. The van der Waals surface area contributed by atoms with E-state index >= 15 is 0 Å². The van der Waals surface area contributed by atoms with Crippen LogP contribution in [0.2, 0.25) is 5.02 Å². The second-order valence-electron chi connectivity index (χ2n) is 11.9. The van der Waals surface area contributed by atoms with E-state index in [2.05, 4.69) is 46.8 Å². The number of halogens is 1. The summed E-state index contributed by atoms with van der Waals surface area (Å²) in [6.07, 6.45) is 3.13. The van der Waals surface area contributed by atoms with E-state index in [1.807, 2.05) is 55.5 Å². The third-order valence-corrected chi connectivity index (χ3v) is 8.43. The summed E-state index contributed by atoms with van der Waals surface area (Å²) < 4.78 is 18.6. The molecule has 0 amide bonds. The highest BCUT2D eigenvalue weighted by Gasteiger charge is 2.15. The summed E-state index contributed by atoms with van der Waals surface area (Å²) in [6.45, 7) is 7.32. The van der Waals surface area contributed by atoms with E-state index in [-0.39, 0.29) is 19.8 Å². The Morgan fingerprint density at radius 1 is 0.745 bits per heavy atom. The first kappa shape index (κ1) is 36.9.